The van der Waals surface area contributed by atoms with Crippen LogP contribution in [-0.4, -0.2) is 36.2 Å². The van der Waals surface area contributed by atoms with Gasteiger partial charge in [0.1, 0.15) is 6.61 Å². The average molecular weight is 386 g/mol. The van der Waals surface area contributed by atoms with Crippen molar-refractivity contribution in [3.8, 4) is 0 Å². The Morgan fingerprint density at radius 3 is 2.81 bits per heavy atom. The van der Waals surface area contributed by atoms with E-state index < -0.39 is 11.8 Å². The number of fused-ring (bicyclic) bond motifs is 1. The molecule has 0 unspecified atom stereocenters. The highest BCUT2D eigenvalue weighted by Crippen LogP contribution is 2.30. The number of hydrogen-bond donors (Lipinski definition) is 1. The summed E-state index contributed by atoms with van der Waals surface area (Å²) >= 11 is 1.43. The molecular formula is C20H22N2O4S. The van der Waals surface area contributed by atoms with Crippen molar-refractivity contribution in [3.63, 3.8) is 0 Å². The number of rotatable bonds is 5. The fourth-order valence-electron chi connectivity index (χ4n) is 3.55. The maximum absolute atomic E-state index is 12.8. The zero-order valence-corrected chi connectivity index (χ0v) is 15.7. The summed E-state index contributed by atoms with van der Waals surface area (Å²) in [5.74, 6) is -1.42. The third-order valence-corrected chi connectivity index (χ3v) is 5.98. The summed E-state index contributed by atoms with van der Waals surface area (Å²) in [6.45, 7) is 0.993. The van der Waals surface area contributed by atoms with Crippen LogP contribution in [0.15, 0.2) is 36.4 Å². The van der Waals surface area contributed by atoms with Crippen LogP contribution in [-0.2, 0) is 19.1 Å². The molecule has 2 aromatic rings. The second-order valence-corrected chi connectivity index (χ2v) is 7.93. The van der Waals surface area contributed by atoms with E-state index in [1.165, 1.54) is 11.3 Å². The lowest BCUT2D eigenvalue weighted by atomic mass is 9.82. The van der Waals surface area contributed by atoms with E-state index in [0.29, 0.717) is 18.0 Å². The first-order valence-electron chi connectivity index (χ1n) is 9.30. The molecule has 0 spiro atoms. The number of aromatic nitrogens is 1. The molecule has 1 aliphatic carbocycles. The van der Waals surface area contributed by atoms with Gasteiger partial charge >= 0.3 is 5.97 Å². The first-order chi connectivity index (χ1) is 13.2. The van der Waals surface area contributed by atoms with Crippen LogP contribution in [0.1, 0.15) is 25.7 Å². The van der Waals surface area contributed by atoms with Crippen molar-refractivity contribution in [1.29, 1.82) is 0 Å². The zero-order chi connectivity index (χ0) is 18.6. The molecule has 7 heteroatoms. The number of benzene rings is 1. The Morgan fingerprint density at radius 1 is 1.22 bits per heavy atom. The third-order valence-electron chi connectivity index (χ3n) is 5.03. The number of carbonyl (C=O) groups excluding carboxylic acids is 2. The topological polar surface area (TPSA) is 77.5 Å². The van der Waals surface area contributed by atoms with Gasteiger partial charge < -0.3 is 14.8 Å². The number of allylic oxidation sites excluding steroid dienone is 2. The summed E-state index contributed by atoms with van der Waals surface area (Å²) in [6, 6.07) is 7.74. The van der Waals surface area contributed by atoms with E-state index in [2.05, 4.69) is 10.3 Å². The molecule has 0 saturated carbocycles. The Kier molecular flexibility index (Phi) is 5.50. The molecule has 1 aromatic carbocycles. The number of anilines is 1. The van der Waals surface area contributed by atoms with Gasteiger partial charge in [-0.2, -0.15) is 0 Å². The molecule has 27 heavy (non-hydrogen) atoms. The van der Waals surface area contributed by atoms with E-state index in [1.807, 2.05) is 36.4 Å². The van der Waals surface area contributed by atoms with Gasteiger partial charge in [0.05, 0.1) is 28.2 Å². The molecule has 1 saturated heterocycles. The number of ether oxygens (including phenoxy) is 2. The molecule has 2 aliphatic rings. The van der Waals surface area contributed by atoms with Crippen molar-refractivity contribution in [2.45, 2.75) is 31.8 Å². The highest BCUT2D eigenvalue weighted by Gasteiger charge is 2.36. The van der Waals surface area contributed by atoms with Crippen LogP contribution in [0.3, 0.4) is 0 Å². The van der Waals surface area contributed by atoms with E-state index in [4.69, 9.17) is 9.47 Å². The number of thiazole rings is 1. The van der Waals surface area contributed by atoms with Crippen LogP contribution in [0.5, 0.6) is 0 Å². The van der Waals surface area contributed by atoms with E-state index in [-0.39, 0.29) is 24.6 Å². The normalized spacial score (nSPS) is 24.8. The summed E-state index contributed by atoms with van der Waals surface area (Å²) in [5.41, 5.74) is 0.855. The average Bonchev–Trinajstić information content (AvgIpc) is 3.35. The molecule has 6 nitrogen and oxygen atoms in total. The van der Waals surface area contributed by atoms with Gasteiger partial charge in [0.15, 0.2) is 5.13 Å². The van der Waals surface area contributed by atoms with Gasteiger partial charge in [0.25, 0.3) is 0 Å². The molecule has 1 amide bonds. The van der Waals surface area contributed by atoms with Crippen LogP contribution >= 0.6 is 11.3 Å². The van der Waals surface area contributed by atoms with Crippen molar-refractivity contribution in [2.24, 2.45) is 11.8 Å². The maximum Gasteiger partial charge on any atom is 0.310 e. The molecular weight excluding hydrogens is 364 g/mol. The van der Waals surface area contributed by atoms with Gasteiger partial charge in [-0.1, -0.05) is 35.6 Å². The van der Waals surface area contributed by atoms with Gasteiger partial charge in [-0.25, -0.2) is 4.98 Å². The molecule has 142 valence electrons. The largest absolute Gasteiger partial charge is 0.463 e. The zero-order valence-electron chi connectivity index (χ0n) is 14.9. The molecule has 4 rings (SSSR count). The smallest absolute Gasteiger partial charge is 0.310 e. The van der Waals surface area contributed by atoms with E-state index in [9.17, 15) is 9.59 Å². The van der Waals surface area contributed by atoms with Gasteiger partial charge in [-0.05, 0) is 37.8 Å². The molecule has 1 fully saturated rings. The Labute approximate surface area is 161 Å². The monoisotopic (exact) mass is 386 g/mol. The van der Waals surface area contributed by atoms with Crippen molar-refractivity contribution in [1.82, 2.24) is 4.98 Å². The first-order valence-corrected chi connectivity index (χ1v) is 10.1. The van der Waals surface area contributed by atoms with Crippen LogP contribution < -0.4 is 5.32 Å². The van der Waals surface area contributed by atoms with Gasteiger partial charge in [0.2, 0.25) is 5.91 Å². The summed E-state index contributed by atoms with van der Waals surface area (Å²) in [6.07, 6.45) is 6.84. The number of para-hydroxylation sites is 1. The fraction of sp³-hybridized carbons (Fsp3) is 0.450. The second kappa shape index (κ2) is 8.19. The predicted molar refractivity (Wildman–Crippen MR) is 104 cm³/mol. The Bertz CT molecular complexity index is 824. The highest BCUT2D eigenvalue weighted by atomic mass is 32.1. The van der Waals surface area contributed by atoms with Crippen LogP contribution in [0.25, 0.3) is 10.2 Å². The summed E-state index contributed by atoms with van der Waals surface area (Å²) < 4.78 is 12.0. The maximum atomic E-state index is 12.8. The number of hydrogen-bond acceptors (Lipinski definition) is 6. The van der Waals surface area contributed by atoms with Gasteiger partial charge in [0, 0.05) is 6.61 Å². The molecule has 1 aliphatic heterocycles. The SMILES string of the molecule is O=C(Nc1nc2ccccc2s1)[C@H]1CC=CC[C@H]1C(=O)OC[C@@H]1CCCO1. The molecule has 0 radical (unpaired) electrons. The van der Waals surface area contributed by atoms with Crippen LogP contribution in [0.4, 0.5) is 5.13 Å². The van der Waals surface area contributed by atoms with Crippen molar-refractivity contribution in [3.05, 3.63) is 36.4 Å². The Morgan fingerprint density at radius 2 is 2.04 bits per heavy atom. The summed E-state index contributed by atoms with van der Waals surface area (Å²) in [5, 5.41) is 3.44. The predicted octanol–water partition coefficient (Wildman–Crippen LogP) is 3.54. The van der Waals surface area contributed by atoms with E-state index in [0.717, 1.165) is 29.7 Å². The van der Waals surface area contributed by atoms with E-state index in [1.54, 1.807) is 0 Å². The molecule has 3 atom stereocenters. The van der Waals surface area contributed by atoms with Crippen molar-refractivity contribution in [2.75, 3.05) is 18.5 Å². The number of nitrogens with one attached hydrogen (secondary N) is 1. The molecule has 1 N–H and O–H groups in total. The minimum atomic E-state index is -0.467. The van der Waals surface area contributed by atoms with Crippen LogP contribution in [0, 0.1) is 11.8 Å². The lowest BCUT2D eigenvalue weighted by molar-refractivity contribution is -0.155. The first kappa shape index (κ1) is 18.1. The minimum Gasteiger partial charge on any atom is -0.463 e. The third kappa shape index (κ3) is 4.20. The highest BCUT2D eigenvalue weighted by molar-refractivity contribution is 7.22. The minimum absolute atomic E-state index is 0.0110. The second-order valence-electron chi connectivity index (χ2n) is 6.90. The number of esters is 1. The number of amides is 1. The Balaban J connectivity index is 1.40. The quantitative estimate of drug-likeness (QED) is 0.628. The van der Waals surface area contributed by atoms with Crippen LogP contribution in [0.2, 0.25) is 0 Å². The lowest BCUT2D eigenvalue weighted by Crippen LogP contribution is -2.36. The number of nitrogens with zero attached hydrogens (tertiary/aromatic N) is 1. The Hall–Kier alpha value is -2.25. The summed E-state index contributed by atoms with van der Waals surface area (Å²) in [4.78, 5) is 29.8. The van der Waals surface area contributed by atoms with Gasteiger partial charge in [-0.3, -0.25) is 9.59 Å². The van der Waals surface area contributed by atoms with E-state index >= 15 is 0 Å². The standard InChI is InChI=1S/C20H22N2O4S/c23-18(22-20-21-16-9-3-4-10-17(16)27-20)14-7-1-2-8-15(14)19(24)26-12-13-6-5-11-25-13/h1-4,9-10,13-15H,5-8,11-12H2,(H,21,22,23)/t13-,14-,15+/m0/s1. The van der Waals surface area contributed by atoms with Gasteiger partial charge in [-0.15, -0.1) is 0 Å². The van der Waals surface area contributed by atoms with Crippen molar-refractivity contribution >= 4 is 38.6 Å². The lowest BCUT2D eigenvalue weighted by Gasteiger charge is -2.26. The fourth-order valence-corrected chi connectivity index (χ4v) is 4.41. The summed E-state index contributed by atoms with van der Waals surface area (Å²) in [7, 11) is 0. The molecule has 2 heterocycles. The molecule has 0 bridgehead atoms. The number of carbonyl (C=O) groups is 2. The van der Waals surface area contributed by atoms with Crippen molar-refractivity contribution < 1.29 is 19.1 Å². The molecule has 1 aromatic heterocycles.